The minimum absolute atomic E-state index is 0.0628. The van der Waals surface area contributed by atoms with Crippen LogP contribution in [0.15, 0.2) is 71.5 Å². The fraction of sp³-hybridized carbons (Fsp3) is 0.190. The zero-order valence-electron chi connectivity index (χ0n) is 16.8. The van der Waals surface area contributed by atoms with Gasteiger partial charge in [0, 0.05) is 12.6 Å². The van der Waals surface area contributed by atoms with Gasteiger partial charge in [-0.05, 0) is 29.8 Å². The molecular formula is C21H22N4O5S. The highest BCUT2D eigenvalue weighted by Gasteiger charge is 2.12. The summed E-state index contributed by atoms with van der Waals surface area (Å²) in [6, 6.07) is 18.5. The van der Waals surface area contributed by atoms with Crippen LogP contribution in [0, 0.1) is 0 Å². The second-order valence-electron chi connectivity index (χ2n) is 6.66. The molecule has 1 amide bonds. The quantitative estimate of drug-likeness (QED) is 0.520. The molecule has 0 unspecified atom stereocenters. The van der Waals surface area contributed by atoms with E-state index in [1.165, 1.54) is 12.1 Å². The zero-order valence-corrected chi connectivity index (χ0v) is 17.6. The number of benzene rings is 2. The Morgan fingerprint density at radius 2 is 1.74 bits per heavy atom. The van der Waals surface area contributed by atoms with Crippen LogP contribution in [0.3, 0.4) is 0 Å². The summed E-state index contributed by atoms with van der Waals surface area (Å²) < 4.78 is 32.2. The fourth-order valence-electron chi connectivity index (χ4n) is 2.74. The molecule has 9 nitrogen and oxygen atoms in total. The molecule has 0 aliphatic heterocycles. The lowest BCUT2D eigenvalue weighted by Gasteiger charge is -2.12. The number of carbonyl (C=O) groups is 1. The molecule has 0 fully saturated rings. The van der Waals surface area contributed by atoms with E-state index < -0.39 is 15.9 Å². The van der Waals surface area contributed by atoms with Crippen molar-refractivity contribution in [3.63, 3.8) is 0 Å². The molecule has 0 spiro atoms. The summed E-state index contributed by atoms with van der Waals surface area (Å²) in [6.07, 6.45) is 1.05. The summed E-state index contributed by atoms with van der Waals surface area (Å²) >= 11 is 0. The monoisotopic (exact) mass is 442 g/mol. The third kappa shape index (κ3) is 6.68. The predicted octanol–water partition coefficient (Wildman–Crippen LogP) is 1.62. The van der Waals surface area contributed by atoms with Gasteiger partial charge in [-0.2, -0.15) is 5.10 Å². The average molecular weight is 442 g/mol. The van der Waals surface area contributed by atoms with Gasteiger partial charge in [0.1, 0.15) is 18.1 Å². The van der Waals surface area contributed by atoms with E-state index in [0.717, 1.165) is 10.9 Å². The van der Waals surface area contributed by atoms with Crippen LogP contribution in [-0.4, -0.2) is 37.0 Å². The lowest BCUT2D eigenvalue weighted by molar-refractivity contribution is 0.0943. The molecule has 162 valence electrons. The Kier molecular flexibility index (Phi) is 7.03. The Balaban J connectivity index is 1.63. The highest BCUT2D eigenvalue weighted by Crippen LogP contribution is 2.16. The van der Waals surface area contributed by atoms with Gasteiger partial charge in [-0.25, -0.2) is 13.1 Å². The molecule has 0 aliphatic carbocycles. The van der Waals surface area contributed by atoms with Crippen molar-refractivity contribution in [3.05, 3.63) is 88.3 Å². The Hall–Kier alpha value is -3.66. The van der Waals surface area contributed by atoms with Crippen LogP contribution in [-0.2, 0) is 23.1 Å². The largest absolute Gasteiger partial charge is 0.492 e. The van der Waals surface area contributed by atoms with E-state index in [-0.39, 0.29) is 30.9 Å². The van der Waals surface area contributed by atoms with E-state index in [1.807, 2.05) is 18.2 Å². The van der Waals surface area contributed by atoms with Crippen molar-refractivity contribution in [2.45, 2.75) is 13.1 Å². The van der Waals surface area contributed by atoms with E-state index in [0.29, 0.717) is 17.0 Å². The lowest BCUT2D eigenvalue weighted by Crippen LogP contribution is -2.30. The minimum Gasteiger partial charge on any atom is -0.492 e. The van der Waals surface area contributed by atoms with Crippen molar-refractivity contribution in [1.82, 2.24) is 15.1 Å². The molecule has 1 aromatic heterocycles. The second kappa shape index (κ2) is 9.90. The van der Waals surface area contributed by atoms with Crippen LogP contribution in [0.2, 0.25) is 0 Å². The van der Waals surface area contributed by atoms with E-state index in [2.05, 4.69) is 15.1 Å². The number of carbonyl (C=O) groups excluding carboxylic acids is 1. The van der Waals surface area contributed by atoms with Gasteiger partial charge < -0.3 is 10.1 Å². The number of sulfonamides is 1. The number of hydrogen-bond donors (Lipinski definition) is 2. The van der Waals surface area contributed by atoms with E-state index in [9.17, 15) is 18.0 Å². The van der Waals surface area contributed by atoms with Crippen LogP contribution >= 0.6 is 0 Å². The number of hydrogen-bond acceptors (Lipinski definition) is 6. The molecule has 10 heteroatoms. The fourth-order valence-corrected chi connectivity index (χ4v) is 3.34. The smallest absolute Gasteiger partial charge is 0.271 e. The lowest BCUT2D eigenvalue weighted by atomic mass is 10.2. The molecule has 0 bridgehead atoms. The summed E-state index contributed by atoms with van der Waals surface area (Å²) in [7, 11) is -3.45. The number of nitrogens with one attached hydrogen (secondary N) is 2. The molecule has 3 aromatic rings. The summed E-state index contributed by atoms with van der Waals surface area (Å²) in [5.74, 6) is 0.178. The maximum atomic E-state index is 12.5. The minimum atomic E-state index is -3.45. The molecule has 2 aromatic carbocycles. The summed E-state index contributed by atoms with van der Waals surface area (Å²) in [5.41, 5.74) is 0.677. The summed E-state index contributed by atoms with van der Waals surface area (Å²) in [5, 5.41) is 6.79. The standard InChI is InChI=1S/C21H22N4O5S/c1-31(28,29)24-18-10-6-5-7-16(18)15-22-21(27)19-11-12-20(26)25(23-19)13-14-30-17-8-3-2-4-9-17/h2-12,24H,13-15H2,1H3,(H,22,27). The highest BCUT2D eigenvalue weighted by atomic mass is 32.2. The molecule has 2 N–H and O–H groups in total. The molecule has 0 radical (unpaired) electrons. The molecule has 0 atom stereocenters. The van der Waals surface area contributed by atoms with Crippen molar-refractivity contribution in [1.29, 1.82) is 0 Å². The number of amides is 1. The van der Waals surface area contributed by atoms with Gasteiger partial charge in [0.2, 0.25) is 10.0 Å². The third-order valence-corrected chi connectivity index (χ3v) is 4.76. The first-order valence-electron chi connectivity index (χ1n) is 9.42. The normalized spacial score (nSPS) is 11.0. The third-order valence-electron chi connectivity index (χ3n) is 4.17. The topological polar surface area (TPSA) is 119 Å². The first kappa shape index (κ1) is 22.0. The molecule has 3 rings (SSSR count). The number of ether oxygens (including phenoxy) is 1. The number of para-hydroxylation sites is 2. The van der Waals surface area contributed by atoms with E-state index in [4.69, 9.17) is 4.74 Å². The predicted molar refractivity (Wildman–Crippen MR) is 117 cm³/mol. The molecule has 0 saturated heterocycles. The van der Waals surface area contributed by atoms with Gasteiger partial charge in [-0.1, -0.05) is 36.4 Å². The molecular weight excluding hydrogens is 420 g/mol. The van der Waals surface area contributed by atoms with E-state index in [1.54, 1.807) is 36.4 Å². The van der Waals surface area contributed by atoms with Gasteiger partial charge in [0.25, 0.3) is 11.5 Å². The number of rotatable bonds is 9. The number of anilines is 1. The van der Waals surface area contributed by atoms with E-state index >= 15 is 0 Å². The maximum Gasteiger partial charge on any atom is 0.271 e. The van der Waals surface area contributed by atoms with Gasteiger partial charge in [0.15, 0.2) is 0 Å². The van der Waals surface area contributed by atoms with Crippen molar-refractivity contribution in [3.8, 4) is 5.75 Å². The summed E-state index contributed by atoms with van der Waals surface area (Å²) in [4.78, 5) is 24.6. The van der Waals surface area contributed by atoms with Gasteiger partial charge >= 0.3 is 0 Å². The first-order chi connectivity index (χ1) is 14.8. The van der Waals surface area contributed by atoms with Crippen molar-refractivity contribution in [2.75, 3.05) is 17.6 Å². The van der Waals surface area contributed by atoms with Crippen molar-refractivity contribution < 1.29 is 17.9 Å². The van der Waals surface area contributed by atoms with Gasteiger partial charge in [-0.15, -0.1) is 0 Å². The van der Waals surface area contributed by atoms with Crippen LogP contribution in [0.5, 0.6) is 5.75 Å². The van der Waals surface area contributed by atoms with Crippen LogP contribution < -0.4 is 20.3 Å². The molecule has 1 heterocycles. The molecule has 0 aliphatic rings. The van der Waals surface area contributed by atoms with Crippen LogP contribution in [0.4, 0.5) is 5.69 Å². The van der Waals surface area contributed by atoms with Crippen LogP contribution in [0.1, 0.15) is 16.1 Å². The molecule has 0 saturated carbocycles. The van der Waals surface area contributed by atoms with Gasteiger partial charge in [-0.3, -0.25) is 14.3 Å². The molecule has 31 heavy (non-hydrogen) atoms. The highest BCUT2D eigenvalue weighted by molar-refractivity contribution is 7.92. The number of aromatic nitrogens is 2. The van der Waals surface area contributed by atoms with Gasteiger partial charge in [0.05, 0.1) is 18.5 Å². The first-order valence-corrected chi connectivity index (χ1v) is 11.3. The number of nitrogens with zero attached hydrogens (tertiary/aromatic N) is 2. The van der Waals surface area contributed by atoms with Crippen LogP contribution in [0.25, 0.3) is 0 Å². The Bertz CT molecular complexity index is 1210. The second-order valence-corrected chi connectivity index (χ2v) is 8.40. The zero-order chi connectivity index (χ0) is 22.3. The Labute approximate surface area is 179 Å². The SMILES string of the molecule is CS(=O)(=O)Nc1ccccc1CNC(=O)c1ccc(=O)n(CCOc2ccccc2)n1. The Morgan fingerprint density at radius 1 is 1.03 bits per heavy atom. The average Bonchev–Trinajstić information content (AvgIpc) is 2.74. The van der Waals surface area contributed by atoms with Crippen molar-refractivity contribution in [2.24, 2.45) is 0 Å². The summed E-state index contributed by atoms with van der Waals surface area (Å²) in [6.45, 7) is 0.470. The maximum absolute atomic E-state index is 12.5. The Morgan fingerprint density at radius 3 is 2.48 bits per heavy atom. The van der Waals surface area contributed by atoms with Crippen molar-refractivity contribution >= 4 is 21.6 Å².